The number of sulfonamides is 1. The van der Waals surface area contributed by atoms with E-state index in [0.29, 0.717) is 13.1 Å². The first-order valence-corrected chi connectivity index (χ1v) is 11.5. The van der Waals surface area contributed by atoms with Crippen LogP contribution in [0.2, 0.25) is 18.1 Å². The van der Waals surface area contributed by atoms with Crippen LogP contribution in [0.5, 0.6) is 0 Å². The van der Waals surface area contributed by atoms with Crippen LogP contribution in [0.15, 0.2) is 0 Å². The van der Waals surface area contributed by atoms with E-state index in [-0.39, 0.29) is 6.10 Å². The molecule has 0 bridgehead atoms. The van der Waals surface area contributed by atoms with Crippen molar-refractivity contribution in [3.8, 4) is 0 Å². The molecule has 0 aromatic heterocycles. The SMILES string of the molecule is CC[Si](CC)(CC)OC1CN(S(=O)(=O)C2(C)CC2)C1. The molecule has 0 aromatic carbocycles. The van der Waals surface area contributed by atoms with Crippen molar-refractivity contribution in [1.29, 1.82) is 0 Å². The van der Waals surface area contributed by atoms with Gasteiger partial charge in [0, 0.05) is 13.1 Å². The molecule has 4 nitrogen and oxygen atoms in total. The highest BCUT2D eigenvalue weighted by atomic mass is 32.2. The van der Waals surface area contributed by atoms with E-state index in [9.17, 15) is 8.42 Å². The Morgan fingerprint density at radius 2 is 1.63 bits per heavy atom. The van der Waals surface area contributed by atoms with Crippen LogP contribution >= 0.6 is 0 Å². The summed E-state index contributed by atoms with van der Waals surface area (Å²) < 4.78 is 32.1. The van der Waals surface area contributed by atoms with Gasteiger partial charge in [0.25, 0.3) is 0 Å². The van der Waals surface area contributed by atoms with Crippen LogP contribution < -0.4 is 0 Å². The largest absolute Gasteiger partial charge is 0.411 e. The van der Waals surface area contributed by atoms with Crippen molar-refractivity contribution in [3.05, 3.63) is 0 Å². The van der Waals surface area contributed by atoms with Crippen molar-refractivity contribution in [2.45, 2.75) is 69.5 Å². The molecular formula is C13H27NO3SSi. The van der Waals surface area contributed by atoms with Crippen LogP contribution in [0, 0.1) is 0 Å². The highest BCUT2D eigenvalue weighted by Gasteiger charge is 2.55. The lowest BCUT2D eigenvalue weighted by molar-refractivity contribution is 0.0654. The summed E-state index contributed by atoms with van der Waals surface area (Å²) in [6, 6.07) is 3.38. The minimum atomic E-state index is -3.07. The van der Waals surface area contributed by atoms with E-state index < -0.39 is 23.1 Å². The maximum atomic E-state index is 12.3. The van der Waals surface area contributed by atoms with Gasteiger partial charge in [0.15, 0.2) is 8.32 Å². The van der Waals surface area contributed by atoms with E-state index in [1.807, 2.05) is 6.92 Å². The monoisotopic (exact) mass is 305 g/mol. The summed E-state index contributed by atoms with van der Waals surface area (Å²) in [5, 5.41) is 0. The number of hydrogen-bond acceptors (Lipinski definition) is 3. The Labute approximate surface area is 118 Å². The number of hydrogen-bond donors (Lipinski definition) is 0. The van der Waals surface area contributed by atoms with Crippen LogP contribution in [0.3, 0.4) is 0 Å². The Balaban J connectivity index is 1.90. The van der Waals surface area contributed by atoms with E-state index in [0.717, 1.165) is 31.0 Å². The third-order valence-electron chi connectivity index (χ3n) is 5.08. The van der Waals surface area contributed by atoms with Crippen molar-refractivity contribution < 1.29 is 12.8 Å². The smallest absolute Gasteiger partial charge is 0.219 e. The lowest BCUT2D eigenvalue weighted by Crippen LogP contribution is -2.60. The lowest BCUT2D eigenvalue weighted by Gasteiger charge is -2.44. The standard InChI is InChI=1S/C13H27NO3SSi/c1-5-19(6-2,7-3)17-12-10-14(11-12)18(15,16)13(4)8-9-13/h12H,5-11H2,1-4H3. The summed E-state index contributed by atoms with van der Waals surface area (Å²) >= 11 is 0. The average Bonchev–Trinajstić information content (AvgIpc) is 3.09. The van der Waals surface area contributed by atoms with Crippen LogP contribution in [0.25, 0.3) is 0 Å². The number of nitrogens with zero attached hydrogens (tertiary/aromatic N) is 1. The van der Waals surface area contributed by atoms with Crippen LogP contribution in [0.4, 0.5) is 0 Å². The van der Waals surface area contributed by atoms with E-state index in [4.69, 9.17) is 4.43 Å². The third kappa shape index (κ3) is 2.64. The molecule has 112 valence electrons. The maximum absolute atomic E-state index is 12.3. The molecule has 0 unspecified atom stereocenters. The van der Waals surface area contributed by atoms with E-state index >= 15 is 0 Å². The minimum absolute atomic E-state index is 0.142. The molecule has 0 atom stereocenters. The van der Waals surface area contributed by atoms with Crippen molar-refractivity contribution in [2.24, 2.45) is 0 Å². The summed E-state index contributed by atoms with van der Waals surface area (Å²) in [6.07, 6.45) is 1.77. The highest BCUT2D eigenvalue weighted by Crippen LogP contribution is 2.46. The van der Waals surface area contributed by atoms with Crippen molar-refractivity contribution in [3.63, 3.8) is 0 Å². The quantitative estimate of drug-likeness (QED) is 0.679. The summed E-state index contributed by atoms with van der Waals surface area (Å²) in [6.45, 7) is 9.63. The molecule has 1 saturated carbocycles. The van der Waals surface area contributed by atoms with Gasteiger partial charge in [-0.3, -0.25) is 0 Å². The van der Waals surface area contributed by atoms with Crippen LogP contribution in [-0.4, -0.2) is 45.0 Å². The first kappa shape index (κ1) is 15.5. The molecule has 0 N–H and O–H groups in total. The molecule has 1 heterocycles. The van der Waals surface area contributed by atoms with Gasteiger partial charge in [-0.25, -0.2) is 8.42 Å². The van der Waals surface area contributed by atoms with E-state index in [1.165, 1.54) is 0 Å². The summed E-state index contributed by atoms with van der Waals surface area (Å²) in [5.74, 6) is 0. The molecule has 19 heavy (non-hydrogen) atoms. The zero-order valence-corrected chi connectivity index (χ0v) is 14.4. The Hall–Kier alpha value is 0.0869. The highest BCUT2D eigenvalue weighted by molar-refractivity contribution is 7.90. The average molecular weight is 306 g/mol. The molecule has 2 aliphatic rings. The second-order valence-electron chi connectivity index (χ2n) is 6.26. The second-order valence-corrected chi connectivity index (χ2v) is 13.4. The van der Waals surface area contributed by atoms with Gasteiger partial charge in [0.2, 0.25) is 10.0 Å². The summed E-state index contributed by atoms with van der Waals surface area (Å²) in [7, 11) is -4.66. The second kappa shape index (κ2) is 5.13. The fourth-order valence-corrected chi connectivity index (χ4v) is 7.59. The van der Waals surface area contributed by atoms with Crippen molar-refractivity contribution in [1.82, 2.24) is 4.31 Å². The van der Waals surface area contributed by atoms with Gasteiger partial charge in [0.1, 0.15) is 0 Å². The zero-order chi connectivity index (χ0) is 14.3. The Kier molecular flexibility index (Phi) is 4.18. The first-order valence-electron chi connectivity index (χ1n) is 7.50. The molecule has 0 aromatic rings. The van der Waals surface area contributed by atoms with E-state index in [1.54, 1.807) is 4.31 Å². The summed E-state index contributed by atoms with van der Waals surface area (Å²) in [4.78, 5) is 0. The van der Waals surface area contributed by atoms with Gasteiger partial charge < -0.3 is 4.43 Å². The van der Waals surface area contributed by atoms with Gasteiger partial charge in [0.05, 0.1) is 10.9 Å². The Morgan fingerprint density at radius 3 is 2.00 bits per heavy atom. The van der Waals surface area contributed by atoms with Gasteiger partial charge in [-0.2, -0.15) is 4.31 Å². The van der Waals surface area contributed by atoms with Gasteiger partial charge in [-0.05, 0) is 37.9 Å². The first-order chi connectivity index (χ1) is 8.82. The molecule has 2 rings (SSSR count). The topological polar surface area (TPSA) is 46.6 Å². The Bertz CT molecular complexity index is 415. The predicted octanol–water partition coefficient (Wildman–Crippen LogP) is 2.57. The van der Waals surface area contributed by atoms with Crippen molar-refractivity contribution >= 4 is 18.3 Å². The Morgan fingerprint density at radius 1 is 1.16 bits per heavy atom. The molecule has 0 spiro atoms. The molecule has 1 aliphatic carbocycles. The fourth-order valence-electron chi connectivity index (χ4n) is 2.77. The number of rotatable bonds is 7. The lowest BCUT2D eigenvalue weighted by atomic mass is 10.2. The fraction of sp³-hybridized carbons (Fsp3) is 1.00. The van der Waals surface area contributed by atoms with Crippen LogP contribution in [-0.2, 0) is 14.4 Å². The summed E-state index contributed by atoms with van der Waals surface area (Å²) in [5.41, 5.74) is 0. The van der Waals surface area contributed by atoms with Gasteiger partial charge in [-0.1, -0.05) is 20.8 Å². The van der Waals surface area contributed by atoms with Crippen molar-refractivity contribution in [2.75, 3.05) is 13.1 Å². The third-order valence-corrected chi connectivity index (χ3v) is 12.4. The van der Waals surface area contributed by atoms with E-state index in [2.05, 4.69) is 20.8 Å². The van der Waals surface area contributed by atoms with Gasteiger partial charge in [-0.15, -0.1) is 0 Å². The minimum Gasteiger partial charge on any atom is -0.411 e. The normalized spacial score (nSPS) is 24.2. The maximum Gasteiger partial charge on any atom is 0.219 e. The molecule has 0 radical (unpaired) electrons. The zero-order valence-electron chi connectivity index (χ0n) is 12.6. The molecule has 1 saturated heterocycles. The molecular weight excluding hydrogens is 278 g/mol. The molecule has 1 aliphatic heterocycles. The molecule has 6 heteroatoms. The molecule has 0 amide bonds. The van der Waals surface area contributed by atoms with Crippen LogP contribution in [0.1, 0.15) is 40.5 Å². The predicted molar refractivity (Wildman–Crippen MR) is 80.2 cm³/mol. The van der Waals surface area contributed by atoms with Gasteiger partial charge >= 0.3 is 0 Å². The molecule has 2 fully saturated rings.